The number of carbonyl (C=O) groups is 2. The van der Waals surface area contributed by atoms with Gasteiger partial charge in [-0.05, 0) is 79.9 Å². The lowest BCUT2D eigenvalue weighted by atomic mass is 9.45. The number of allylic oxidation sites excluding steroid dienone is 3. The summed E-state index contributed by atoms with van der Waals surface area (Å²) in [6.45, 7) is 4.91. The molecule has 5 rings (SSSR count). The summed E-state index contributed by atoms with van der Waals surface area (Å²) >= 11 is 0. The Morgan fingerprint density at radius 1 is 1.27 bits per heavy atom. The number of nitrogens with one attached hydrogen (secondary N) is 2. The molecule has 40 heavy (non-hydrogen) atoms. The number of aliphatic carboxylic acids is 1. The average molecular weight is 553 g/mol. The zero-order chi connectivity index (χ0) is 28.9. The van der Waals surface area contributed by atoms with Crippen LogP contribution in [-0.2, 0) is 9.53 Å². The molecule has 1 aromatic rings. The van der Waals surface area contributed by atoms with Crippen molar-refractivity contribution >= 4 is 23.8 Å². The minimum absolute atomic E-state index is 0.0264. The van der Waals surface area contributed by atoms with Crippen molar-refractivity contribution in [2.24, 2.45) is 28.6 Å². The molecule has 0 bridgehead atoms. The number of carbonyl (C=O) groups excluding carboxylic acids is 1. The maximum atomic E-state index is 12.5. The van der Waals surface area contributed by atoms with E-state index < -0.39 is 23.1 Å². The highest BCUT2D eigenvalue weighted by atomic mass is 16.5. The minimum Gasteiger partial charge on any atom is -0.479 e. The van der Waals surface area contributed by atoms with Gasteiger partial charge < -0.3 is 30.8 Å². The van der Waals surface area contributed by atoms with E-state index in [9.17, 15) is 24.9 Å². The van der Waals surface area contributed by atoms with E-state index in [2.05, 4.69) is 18.3 Å². The van der Waals surface area contributed by atoms with Crippen LogP contribution in [0.2, 0.25) is 0 Å². The van der Waals surface area contributed by atoms with E-state index in [0.717, 1.165) is 29.8 Å². The van der Waals surface area contributed by atoms with Crippen molar-refractivity contribution < 1.29 is 35.0 Å². The molecule has 0 heterocycles. The summed E-state index contributed by atoms with van der Waals surface area (Å²) in [5.74, 6) is -1.29. The number of rotatable bonds is 8. The summed E-state index contributed by atoms with van der Waals surface area (Å²) in [4.78, 5) is 24.7. The number of benzene rings is 1. The Morgan fingerprint density at radius 2 is 2.05 bits per heavy atom. The standard InChI is InChI=1S/C31H41N3O6/c1-29-15-19(17-32)24(34-21-6-4-5-18(13-21)27(36)33-11-12-40-3)14-20(29)7-8-22-23-9-10-31(39,28(37)38)30(23,2)16-25(35)26(22)29/h4-6,13-14,17,22-23,25-26,32,34-35,39H,7-12,15-16H2,1-3H3,(H,33,36)(H,37,38)/p+1/t22-,23?,25-,26?,29-,30-,31-/m0/s1. The van der Waals surface area contributed by atoms with Crippen molar-refractivity contribution in [3.63, 3.8) is 0 Å². The van der Waals surface area contributed by atoms with Crippen molar-refractivity contribution in [1.29, 1.82) is 5.41 Å². The molecule has 7 N–H and O–H groups in total. The Hall–Kier alpha value is -2.85. The predicted molar refractivity (Wildman–Crippen MR) is 149 cm³/mol. The van der Waals surface area contributed by atoms with E-state index in [-0.39, 0.29) is 41.9 Å². The van der Waals surface area contributed by atoms with Gasteiger partial charge >= 0.3 is 5.97 Å². The molecule has 2 unspecified atom stereocenters. The van der Waals surface area contributed by atoms with Crippen LogP contribution in [0.25, 0.3) is 0 Å². The number of hydrogen-bond acceptors (Lipinski definition) is 6. The van der Waals surface area contributed by atoms with Crippen LogP contribution in [0.5, 0.6) is 0 Å². The van der Waals surface area contributed by atoms with Crippen molar-refractivity contribution in [2.75, 3.05) is 20.3 Å². The van der Waals surface area contributed by atoms with Crippen LogP contribution >= 0.6 is 0 Å². The van der Waals surface area contributed by atoms with Crippen LogP contribution in [0, 0.1) is 34.0 Å². The first kappa shape index (κ1) is 28.7. The highest BCUT2D eigenvalue weighted by Crippen LogP contribution is 2.67. The van der Waals surface area contributed by atoms with Crippen molar-refractivity contribution in [1.82, 2.24) is 5.32 Å². The molecular formula is C31H42N3O6+. The fraction of sp³-hybridized carbons (Fsp3) is 0.581. The maximum absolute atomic E-state index is 12.5. The van der Waals surface area contributed by atoms with Gasteiger partial charge in [-0.2, -0.15) is 0 Å². The molecule has 4 aliphatic carbocycles. The van der Waals surface area contributed by atoms with Crippen molar-refractivity contribution in [3.8, 4) is 0 Å². The smallest absolute Gasteiger partial charge is 0.336 e. The molecule has 9 heteroatoms. The second-order valence-electron chi connectivity index (χ2n) is 12.6. The molecule has 216 valence electrons. The van der Waals surface area contributed by atoms with Gasteiger partial charge in [0, 0.05) is 42.5 Å². The van der Waals surface area contributed by atoms with E-state index >= 15 is 0 Å². The van der Waals surface area contributed by atoms with E-state index in [0.29, 0.717) is 31.6 Å². The van der Waals surface area contributed by atoms with Gasteiger partial charge in [-0.1, -0.05) is 25.5 Å². The zero-order valence-corrected chi connectivity index (χ0v) is 23.6. The Morgan fingerprint density at radius 3 is 2.75 bits per heavy atom. The highest BCUT2D eigenvalue weighted by molar-refractivity contribution is 5.94. The first-order chi connectivity index (χ1) is 19.0. The van der Waals surface area contributed by atoms with Crippen LogP contribution in [-0.4, -0.2) is 65.4 Å². The van der Waals surface area contributed by atoms with Crippen molar-refractivity contribution in [2.45, 2.75) is 64.1 Å². The number of quaternary nitrogens is 1. The predicted octanol–water partition coefficient (Wildman–Crippen LogP) is 2.52. The minimum atomic E-state index is -1.81. The molecule has 0 aromatic heterocycles. The monoisotopic (exact) mass is 552 g/mol. The zero-order valence-electron chi connectivity index (χ0n) is 23.6. The number of ether oxygens (including phenoxy) is 1. The second-order valence-corrected chi connectivity index (χ2v) is 12.6. The SMILES string of the molecule is COCCNC(=O)c1cccc([NH2+]C2=C(C=N)C[C@@]3(C)C(=C2)CC[C@@H]2C3[C@@H](O)C[C@@]3(C)C2CC[C@]3(O)C(=O)O)c1. The summed E-state index contributed by atoms with van der Waals surface area (Å²) in [7, 11) is 1.59. The summed E-state index contributed by atoms with van der Waals surface area (Å²) in [5, 5.41) is 45.8. The maximum Gasteiger partial charge on any atom is 0.336 e. The number of carboxylic acids is 1. The molecule has 9 nitrogen and oxygen atoms in total. The second kappa shape index (κ2) is 10.5. The largest absolute Gasteiger partial charge is 0.479 e. The molecule has 3 fully saturated rings. The summed E-state index contributed by atoms with van der Waals surface area (Å²) < 4.78 is 5.01. The van der Waals surface area contributed by atoms with Gasteiger partial charge in [0.05, 0.1) is 12.7 Å². The topological polar surface area (TPSA) is 157 Å². The van der Waals surface area contributed by atoms with Gasteiger partial charge in [0.15, 0.2) is 5.60 Å². The third-order valence-electron chi connectivity index (χ3n) is 10.7. The van der Waals surface area contributed by atoms with E-state index in [1.54, 1.807) is 13.2 Å². The van der Waals surface area contributed by atoms with Gasteiger partial charge in [-0.25, -0.2) is 4.79 Å². The number of hydrogen-bond donors (Lipinski definition) is 6. The van der Waals surface area contributed by atoms with Crippen LogP contribution in [0.4, 0.5) is 5.69 Å². The fourth-order valence-electron chi connectivity index (χ4n) is 8.66. The molecule has 4 aliphatic rings. The number of aliphatic hydroxyl groups is 2. The van der Waals surface area contributed by atoms with Crippen LogP contribution in [0.15, 0.2) is 47.2 Å². The third kappa shape index (κ3) is 4.43. The van der Waals surface area contributed by atoms with Gasteiger partial charge in [-0.3, -0.25) is 10.1 Å². The number of nitrogens with two attached hydrogens (primary N) is 1. The lowest BCUT2D eigenvalue weighted by Gasteiger charge is -2.60. The molecule has 0 aliphatic heterocycles. The molecule has 0 radical (unpaired) electrons. The number of carboxylic acid groups (broad SMARTS) is 1. The van der Waals surface area contributed by atoms with Gasteiger partial charge in [0.2, 0.25) is 0 Å². The van der Waals surface area contributed by atoms with E-state index in [1.807, 2.05) is 30.4 Å². The lowest BCUT2D eigenvalue weighted by molar-refractivity contribution is -0.513. The Kier molecular flexibility index (Phi) is 7.54. The summed E-state index contributed by atoms with van der Waals surface area (Å²) in [6.07, 6.45) is 6.20. The Balaban J connectivity index is 1.40. The van der Waals surface area contributed by atoms with Crippen LogP contribution < -0.4 is 10.6 Å². The summed E-state index contributed by atoms with van der Waals surface area (Å²) in [6, 6.07) is 7.41. The first-order valence-corrected chi connectivity index (χ1v) is 14.3. The van der Waals surface area contributed by atoms with Crippen LogP contribution in [0.1, 0.15) is 62.7 Å². The molecule has 1 aromatic carbocycles. The molecule has 7 atom stereocenters. The molecule has 0 saturated heterocycles. The van der Waals surface area contributed by atoms with Gasteiger partial charge in [0.1, 0.15) is 11.4 Å². The summed E-state index contributed by atoms with van der Waals surface area (Å²) in [5.41, 5.74) is 1.44. The van der Waals surface area contributed by atoms with E-state index in [4.69, 9.17) is 10.1 Å². The Labute approximate surface area is 235 Å². The van der Waals surface area contributed by atoms with Crippen molar-refractivity contribution in [3.05, 3.63) is 52.7 Å². The third-order valence-corrected chi connectivity index (χ3v) is 10.7. The fourth-order valence-corrected chi connectivity index (χ4v) is 8.66. The average Bonchev–Trinajstić information content (AvgIpc) is 3.19. The normalized spacial score (nSPS) is 36.7. The molecule has 3 saturated carbocycles. The van der Waals surface area contributed by atoms with E-state index in [1.165, 1.54) is 11.8 Å². The molecular weight excluding hydrogens is 510 g/mol. The number of fused-ring (bicyclic) bond motifs is 5. The number of methoxy groups -OCH3 is 1. The molecule has 0 spiro atoms. The Bertz CT molecular complexity index is 1280. The first-order valence-electron chi connectivity index (χ1n) is 14.3. The highest BCUT2D eigenvalue weighted by Gasteiger charge is 2.68. The van der Waals surface area contributed by atoms with Gasteiger partial charge in [-0.15, -0.1) is 0 Å². The molecule has 1 amide bonds. The number of aliphatic hydroxyl groups excluding tert-OH is 1. The lowest BCUT2D eigenvalue weighted by Crippen LogP contribution is -2.76. The quantitative estimate of drug-likeness (QED) is 0.165. The van der Waals surface area contributed by atoms with Gasteiger partial charge in [0.25, 0.3) is 5.91 Å². The van der Waals surface area contributed by atoms with Crippen LogP contribution in [0.3, 0.4) is 0 Å². The number of amides is 1.